The summed E-state index contributed by atoms with van der Waals surface area (Å²) in [6.45, 7) is 5.54. The van der Waals surface area contributed by atoms with Crippen LogP contribution in [0.2, 0.25) is 0 Å². The summed E-state index contributed by atoms with van der Waals surface area (Å²) in [7, 11) is 0. The average molecular weight is 520 g/mol. The highest BCUT2D eigenvalue weighted by Crippen LogP contribution is 2.37. The molecule has 37 heavy (non-hydrogen) atoms. The van der Waals surface area contributed by atoms with E-state index in [1.54, 1.807) is 24.0 Å². The molecule has 8 nitrogen and oxygen atoms in total. The third-order valence-electron chi connectivity index (χ3n) is 5.78. The van der Waals surface area contributed by atoms with E-state index < -0.39 is 23.9 Å². The third kappa shape index (κ3) is 5.03. The number of aliphatic imine (C=N–C) groups is 1. The Labute approximate surface area is 208 Å². The minimum atomic E-state index is -4.89. The number of allylic oxidation sites excluding steroid dienone is 5. The summed E-state index contributed by atoms with van der Waals surface area (Å²) in [6.07, 6.45) is -1.30. The summed E-state index contributed by atoms with van der Waals surface area (Å²) in [5.41, 5.74) is -1.36. The van der Waals surface area contributed by atoms with Crippen LogP contribution in [-0.2, 0) is 10.9 Å². The number of hydrogen-bond acceptors (Lipinski definition) is 7. The summed E-state index contributed by atoms with van der Waals surface area (Å²) in [6, 6.07) is 1.56. The van der Waals surface area contributed by atoms with Crippen LogP contribution in [0.3, 0.4) is 0 Å². The molecule has 0 amide bonds. The number of rotatable bonds is 7. The molecule has 0 unspecified atom stereocenters. The predicted molar refractivity (Wildman–Crippen MR) is 125 cm³/mol. The molecule has 3 heterocycles. The zero-order valence-electron chi connectivity index (χ0n) is 19.5. The topological polar surface area (TPSA) is 99.0 Å². The second-order valence-electron chi connectivity index (χ2n) is 8.20. The van der Waals surface area contributed by atoms with E-state index in [0.29, 0.717) is 11.1 Å². The van der Waals surface area contributed by atoms with Crippen molar-refractivity contribution in [3.05, 3.63) is 64.7 Å². The van der Waals surface area contributed by atoms with Crippen LogP contribution in [-0.4, -0.2) is 64.2 Å². The van der Waals surface area contributed by atoms with Crippen molar-refractivity contribution < 1.29 is 31.8 Å². The highest BCUT2D eigenvalue weighted by Gasteiger charge is 2.41. The van der Waals surface area contributed by atoms with Gasteiger partial charge in [-0.3, -0.25) is 4.99 Å². The van der Waals surface area contributed by atoms with Gasteiger partial charge in [0.25, 0.3) is 6.43 Å². The summed E-state index contributed by atoms with van der Waals surface area (Å²) in [5.74, 6) is 0.223. The van der Waals surface area contributed by atoms with Gasteiger partial charge in [0.15, 0.2) is 11.3 Å². The lowest BCUT2D eigenvalue weighted by Crippen LogP contribution is -2.53. The lowest BCUT2D eigenvalue weighted by atomic mass is 9.97. The van der Waals surface area contributed by atoms with Crippen molar-refractivity contribution in [2.75, 3.05) is 31.2 Å². The lowest BCUT2D eigenvalue weighted by molar-refractivity contribution is -0.141. The summed E-state index contributed by atoms with van der Waals surface area (Å²) >= 11 is 0. The van der Waals surface area contributed by atoms with E-state index in [1.807, 2.05) is 0 Å². The van der Waals surface area contributed by atoms with Crippen molar-refractivity contribution in [2.24, 2.45) is 4.99 Å². The molecule has 2 aromatic rings. The Morgan fingerprint density at radius 2 is 2.08 bits per heavy atom. The molecule has 0 saturated carbocycles. The maximum Gasteiger partial charge on any atom is 0.436 e. The Bertz CT molecular complexity index is 1390. The fraction of sp³-hybridized carbons (Fsp3) is 0.333. The first kappa shape index (κ1) is 26.2. The van der Waals surface area contributed by atoms with Gasteiger partial charge in [0.2, 0.25) is 0 Å². The van der Waals surface area contributed by atoms with E-state index in [-0.39, 0.29) is 60.9 Å². The van der Waals surface area contributed by atoms with Crippen LogP contribution in [0.1, 0.15) is 22.5 Å². The number of hydrogen-bond donors (Lipinski definition) is 1. The minimum Gasteiger partial charge on any atom is -0.394 e. The first-order valence-corrected chi connectivity index (χ1v) is 11.1. The number of halogens is 5. The monoisotopic (exact) mass is 520 g/mol. The molecule has 1 aliphatic heterocycles. The van der Waals surface area contributed by atoms with Crippen LogP contribution in [0.25, 0.3) is 11.7 Å². The van der Waals surface area contributed by atoms with Gasteiger partial charge in [-0.15, -0.1) is 0 Å². The Morgan fingerprint density at radius 3 is 2.68 bits per heavy atom. The van der Waals surface area contributed by atoms with Crippen LogP contribution in [0.15, 0.2) is 47.1 Å². The summed E-state index contributed by atoms with van der Waals surface area (Å²) < 4.78 is 74.0. The standard InChI is InChI=1S/C24H21F5N6O2/c1-3-31-19-9-15(21(25)26)5-4-14(19)8-17-13(2)32-22-18(10-30)20(24(27,28)29)33-35(22)23(17)34-11-16(12-34)37-7-6-36/h3-5,8-9,16,21,36H,1,6-7,11-12H2,2H3/b14-8+,31-19?. The predicted octanol–water partition coefficient (Wildman–Crippen LogP) is 3.85. The van der Waals surface area contributed by atoms with E-state index in [2.05, 4.69) is 21.7 Å². The van der Waals surface area contributed by atoms with Crippen LogP contribution in [0, 0.1) is 18.3 Å². The van der Waals surface area contributed by atoms with Crippen molar-refractivity contribution in [3.8, 4) is 6.07 Å². The second-order valence-corrected chi connectivity index (χ2v) is 8.20. The van der Waals surface area contributed by atoms with Crippen molar-refractivity contribution in [1.82, 2.24) is 14.6 Å². The molecule has 194 valence electrons. The molecule has 2 aliphatic rings. The molecule has 13 heteroatoms. The Morgan fingerprint density at radius 1 is 1.35 bits per heavy atom. The van der Waals surface area contributed by atoms with Crippen molar-refractivity contribution >= 4 is 23.3 Å². The fourth-order valence-corrected chi connectivity index (χ4v) is 4.05. The first-order valence-electron chi connectivity index (χ1n) is 11.1. The summed E-state index contributed by atoms with van der Waals surface area (Å²) in [5, 5.41) is 22.2. The van der Waals surface area contributed by atoms with Gasteiger partial charge in [0.1, 0.15) is 17.5 Å². The van der Waals surface area contributed by atoms with Crippen LogP contribution >= 0.6 is 0 Å². The van der Waals surface area contributed by atoms with Crippen molar-refractivity contribution in [3.63, 3.8) is 0 Å². The fourth-order valence-electron chi connectivity index (χ4n) is 4.05. The van der Waals surface area contributed by atoms with E-state index in [0.717, 1.165) is 4.52 Å². The van der Waals surface area contributed by atoms with Gasteiger partial charge in [0, 0.05) is 36.0 Å². The van der Waals surface area contributed by atoms with Gasteiger partial charge in [-0.1, -0.05) is 18.7 Å². The molecule has 1 fully saturated rings. The minimum absolute atomic E-state index is 0.101. The largest absolute Gasteiger partial charge is 0.436 e. The molecule has 2 aromatic heterocycles. The SMILES string of the molecule is C=CN=C1C=C(C(F)F)C=C/C1=C\c1c(C)nc2c(C#N)c(C(F)(F)F)nn2c1N1CC(OCCO)C1. The normalized spacial score (nSPS) is 18.6. The number of anilines is 1. The van der Waals surface area contributed by atoms with E-state index >= 15 is 0 Å². The van der Waals surface area contributed by atoms with Crippen LogP contribution in [0.5, 0.6) is 0 Å². The van der Waals surface area contributed by atoms with E-state index in [9.17, 15) is 27.2 Å². The average Bonchev–Trinajstić information content (AvgIpc) is 3.19. The van der Waals surface area contributed by atoms with E-state index in [1.165, 1.54) is 24.4 Å². The molecule has 1 saturated heterocycles. The Kier molecular flexibility index (Phi) is 7.24. The third-order valence-corrected chi connectivity index (χ3v) is 5.78. The molecular weight excluding hydrogens is 499 g/mol. The Balaban J connectivity index is 1.92. The molecule has 1 aliphatic carbocycles. The van der Waals surface area contributed by atoms with Gasteiger partial charge >= 0.3 is 6.18 Å². The number of aliphatic hydroxyl groups excluding tert-OH is 1. The van der Waals surface area contributed by atoms with Crippen molar-refractivity contribution in [1.29, 1.82) is 5.26 Å². The van der Waals surface area contributed by atoms with Gasteiger partial charge in [-0.25, -0.2) is 13.8 Å². The molecule has 0 atom stereocenters. The van der Waals surface area contributed by atoms with Crippen LogP contribution < -0.4 is 4.90 Å². The Hall–Kier alpha value is -3.89. The number of fused-ring (bicyclic) bond motifs is 1. The maximum absolute atomic E-state index is 13.7. The van der Waals surface area contributed by atoms with E-state index in [4.69, 9.17) is 9.84 Å². The van der Waals surface area contributed by atoms with Crippen molar-refractivity contribution in [2.45, 2.75) is 25.6 Å². The number of ether oxygens (including phenoxy) is 1. The molecule has 0 aromatic carbocycles. The molecule has 4 rings (SSSR count). The molecule has 0 spiro atoms. The highest BCUT2D eigenvalue weighted by molar-refractivity contribution is 6.15. The summed E-state index contributed by atoms with van der Waals surface area (Å²) in [4.78, 5) is 10.0. The highest BCUT2D eigenvalue weighted by atomic mass is 19.4. The number of aliphatic hydroxyl groups is 1. The second kappa shape index (κ2) is 10.2. The molecule has 0 radical (unpaired) electrons. The lowest BCUT2D eigenvalue weighted by Gasteiger charge is -2.41. The van der Waals surface area contributed by atoms with Crippen LogP contribution in [0.4, 0.5) is 27.8 Å². The quantitative estimate of drug-likeness (QED) is 0.557. The zero-order valence-corrected chi connectivity index (χ0v) is 19.5. The number of nitrogens with zero attached hydrogens (tertiary/aromatic N) is 6. The van der Waals surface area contributed by atoms with Gasteiger partial charge in [0.05, 0.1) is 30.7 Å². The maximum atomic E-state index is 13.7. The van der Waals surface area contributed by atoms with Gasteiger partial charge in [-0.2, -0.15) is 28.0 Å². The molecular formula is C24H21F5N6O2. The number of aromatic nitrogens is 3. The molecule has 0 bridgehead atoms. The first-order chi connectivity index (χ1) is 17.6. The zero-order chi connectivity index (χ0) is 26.9. The molecule has 1 N–H and O–H groups in total. The number of nitriles is 1. The van der Waals surface area contributed by atoms with Gasteiger partial charge in [-0.05, 0) is 19.1 Å². The number of aryl methyl sites for hydroxylation is 1. The smallest absolute Gasteiger partial charge is 0.394 e. The van der Waals surface area contributed by atoms with Gasteiger partial charge < -0.3 is 14.7 Å². The number of alkyl halides is 5.